The second kappa shape index (κ2) is 9.65. The predicted octanol–water partition coefficient (Wildman–Crippen LogP) is 6.66. The number of anilines is 1. The van der Waals surface area contributed by atoms with Gasteiger partial charge >= 0.3 is 0 Å². The van der Waals surface area contributed by atoms with Crippen LogP contribution in [0.5, 0.6) is 11.5 Å². The standard InChI is InChI=1S/C24H26BrNO2/c1-4-27-23-14-20(15-26-22-12-8-9-17(2)18(22)3)13-21(25)24(23)28-16-19-10-6-5-7-11-19/h5-14,26H,4,15-16H2,1-3H3. The lowest BCUT2D eigenvalue weighted by atomic mass is 10.1. The van der Waals surface area contributed by atoms with Crippen molar-refractivity contribution >= 4 is 21.6 Å². The lowest BCUT2D eigenvalue weighted by molar-refractivity contribution is 0.267. The molecule has 4 heteroatoms. The molecule has 0 heterocycles. The van der Waals surface area contributed by atoms with Gasteiger partial charge in [0, 0.05) is 12.2 Å². The minimum absolute atomic E-state index is 0.500. The van der Waals surface area contributed by atoms with Gasteiger partial charge in [-0.25, -0.2) is 0 Å². The molecule has 0 aliphatic carbocycles. The first-order valence-corrected chi connectivity index (χ1v) is 10.3. The maximum atomic E-state index is 6.07. The summed E-state index contributed by atoms with van der Waals surface area (Å²) in [5.74, 6) is 1.49. The number of benzene rings is 3. The highest BCUT2D eigenvalue weighted by molar-refractivity contribution is 9.10. The molecule has 0 aromatic heterocycles. The molecule has 0 unspecified atom stereocenters. The second-order valence-corrected chi connectivity index (χ2v) is 7.57. The summed E-state index contributed by atoms with van der Waals surface area (Å²) >= 11 is 3.66. The molecule has 3 aromatic rings. The van der Waals surface area contributed by atoms with Crippen LogP contribution in [-0.4, -0.2) is 6.61 Å². The zero-order valence-corrected chi connectivity index (χ0v) is 18.2. The first kappa shape index (κ1) is 20.3. The zero-order chi connectivity index (χ0) is 19.9. The van der Waals surface area contributed by atoms with Crippen molar-refractivity contribution in [3.05, 3.63) is 87.4 Å². The molecule has 0 amide bonds. The van der Waals surface area contributed by atoms with E-state index in [4.69, 9.17) is 9.47 Å². The summed E-state index contributed by atoms with van der Waals surface area (Å²) in [5, 5.41) is 3.53. The summed E-state index contributed by atoms with van der Waals surface area (Å²) in [5.41, 5.74) is 5.96. The summed E-state index contributed by atoms with van der Waals surface area (Å²) in [6.45, 7) is 8.04. The third kappa shape index (κ3) is 5.08. The zero-order valence-electron chi connectivity index (χ0n) is 16.6. The molecular formula is C24H26BrNO2. The third-order valence-electron chi connectivity index (χ3n) is 4.68. The first-order valence-electron chi connectivity index (χ1n) is 9.50. The van der Waals surface area contributed by atoms with E-state index in [0.29, 0.717) is 19.8 Å². The Hall–Kier alpha value is -2.46. The van der Waals surface area contributed by atoms with Gasteiger partial charge in [-0.05, 0) is 77.2 Å². The van der Waals surface area contributed by atoms with Gasteiger partial charge in [-0.15, -0.1) is 0 Å². The molecule has 0 saturated carbocycles. The third-order valence-corrected chi connectivity index (χ3v) is 5.27. The highest BCUT2D eigenvalue weighted by Gasteiger charge is 2.13. The van der Waals surface area contributed by atoms with Crippen molar-refractivity contribution in [3.8, 4) is 11.5 Å². The fourth-order valence-corrected chi connectivity index (χ4v) is 3.60. The highest BCUT2D eigenvalue weighted by atomic mass is 79.9. The van der Waals surface area contributed by atoms with Gasteiger partial charge in [-0.3, -0.25) is 0 Å². The Balaban J connectivity index is 1.77. The minimum atomic E-state index is 0.500. The number of halogens is 1. The van der Waals surface area contributed by atoms with Gasteiger partial charge < -0.3 is 14.8 Å². The number of hydrogen-bond acceptors (Lipinski definition) is 3. The largest absolute Gasteiger partial charge is 0.490 e. The van der Waals surface area contributed by atoms with Gasteiger partial charge in [0.15, 0.2) is 11.5 Å². The van der Waals surface area contributed by atoms with Crippen LogP contribution in [0.3, 0.4) is 0 Å². The quantitative estimate of drug-likeness (QED) is 0.425. The molecule has 0 spiro atoms. The van der Waals surface area contributed by atoms with E-state index >= 15 is 0 Å². The van der Waals surface area contributed by atoms with E-state index in [-0.39, 0.29) is 0 Å². The van der Waals surface area contributed by atoms with Crippen molar-refractivity contribution < 1.29 is 9.47 Å². The molecule has 0 fully saturated rings. The Bertz CT molecular complexity index is 925. The summed E-state index contributed by atoms with van der Waals surface area (Å²) < 4.78 is 12.8. The molecule has 0 radical (unpaired) electrons. The van der Waals surface area contributed by atoms with Gasteiger partial charge in [0.05, 0.1) is 11.1 Å². The van der Waals surface area contributed by atoms with Crippen LogP contribution in [0.2, 0.25) is 0 Å². The smallest absolute Gasteiger partial charge is 0.175 e. The van der Waals surface area contributed by atoms with E-state index in [9.17, 15) is 0 Å². The van der Waals surface area contributed by atoms with Gasteiger partial charge in [0.1, 0.15) is 6.61 Å². The van der Waals surface area contributed by atoms with Crippen LogP contribution in [0, 0.1) is 13.8 Å². The molecule has 1 N–H and O–H groups in total. The minimum Gasteiger partial charge on any atom is -0.490 e. The van der Waals surface area contributed by atoms with E-state index in [1.165, 1.54) is 11.1 Å². The number of aryl methyl sites for hydroxylation is 1. The van der Waals surface area contributed by atoms with Gasteiger partial charge in [0.25, 0.3) is 0 Å². The molecule has 3 aromatic carbocycles. The van der Waals surface area contributed by atoms with E-state index in [1.807, 2.05) is 31.2 Å². The summed E-state index contributed by atoms with van der Waals surface area (Å²) in [4.78, 5) is 0. The van der Waals surface area contributed by atoms with Crippen LogP contribution in [0.25, 0.3) is 0 Å². The Kier molecular flexibility index (Phi) is 6.99. The molecular weight excluding hydrogens is 414 g/mol. The Morgan fingerprint density at radius 3 is 2.43 bits per heavy atom. The van der Waals surface area contributed by atoms with E-state index in [2.05, 4.69) is 71.5 Å². The van der Waals surface area contributed by atoms with Crippen molar-refractivity contribution in [1.82, 2.24) is 0 Å². The molecule has 0 aliphatic heterocycles. The van der Waals surface area contributed by atoms with Crippen LogP contribution in [0.4, 0.5) is 5.69 Å². The summed E-state index contributed by atoms with van der Waals surface area (Å²) in [6, 6.07) is 20.6. The van der Waals surface area contributed by atoms with E-state index < -0.39 is 0 Å². The van der Waals surface area contributed by atoms with Gasteiger partial charge in [-0.2, -0.15) is 0 Å². The van der Waals surface area contributed by atoms with Crippen molar-refractivity contribution in [1.29, 1.82) is 0 Å². The van der Waals surface area contributed by atoms with Crippen molar-refractivity contribution in [2.24, 2.45) is 0 Å². The Morgan fingerprint density at radius 2 is 1.68 bits per heavy atom. The fraction of sp³-hybridized carbons (Fsp3) is 0.250. The first-order chi connectivity index (χ1) is 13.6. The average molecular weight is 440 g/mol. The van der Waals surface area contributed by atoms with E-state index in [1.54, 1.807) is 0 Å². The van der Waals surface area contributed by atoms with Crippen LogP contribution in [0.1, 0.15) is 29.2 Å². The highest BCUT2D eigenvalue weighted by Crippen LogP contribution is 2.37. The van der Waals surface area contributed by atoms with Crippen LogP contribution in [0.15, 0.2) is 65.1 Å². The number of hydrogen-bond donors (Lipinski definition) is 1. The van der Waals surface area contributed by atoms with Crippen LogP contribution in [-0.2, 0) is 13.2 Å². The molecule has 146 valence electrons. The molecule has 0 bridgehead atoms. The normalized spacial score (nSPS) is 10.6. The maximum Gasteiger partial charge on any atom is 0.175 e. The number of ether oxygens (including phenoxy) is 2. The lowest BCUT2D eigenvalue weighted by Crippen LogP contribution is -2.05. The molecule has 0 atom stereocenters. The monoisotopic (exact) mass is 439 g/mol. The molecule has 3 rings (SSSR count). The summed E-state index contributed by atoms with van der Waals surface area (Å²) in [6.07, 6.45) is 0. The number of rotatable bonds is 8. The fourth-order valence-electron chi connectivity index (χ4n) is 3.00. The second-order valence-electron chi connectivity index (χ2n) is 6.71. The molecule has 0 saturated heterocycles. The average Bonchev–Trinajstić information content (AvgIpc) is 2.69. The van der Waals surface area contributed by atoms with Crippen molar-refractivity contribution in [2.45, 2.75) is 33.9 Å². The Labute approximate surface area is 175 Å². The lowest BCUT2D eigenvalue weighted by Gasteiger charge is -2.17. The topological polar surface area (TPSA) is 30.5 Å². The summed E-state index contributed by atoms with van der Waals surface area (Å²) in [7, 11) is 0. The van der Waals surface area contributed by atoms with Gasteiger partial charge in [-0.1, -0.05) is 42.5 Å². The molecule has 28 heavy (non-hydrogen) atoms. The van der Waals surface area contributed by atoms with E-state index in [0.717, 1.165) is 32.8 Å². The Morgan fingerprint density at radius 1 is 0.893 bits per heavy atom. The van der Waals surface area contributed by atoms with Crippen molar-refractivity contribution in [2.75, 3.05) is 11.9 Å². The van der Waals surface area contributed by atoms with Crippen molar-refractivity contribution in [3.63, 3.8) is 0 Å². The maximum absolute atomic E-state index is 6.07. The molecule has 3 nitrogen and oxygen atoms in total. The molecule has 0 aliphatic rings. The van der Waals surface area contributed by atoms with Gasteiger partial charge in [0.2, 0.25) is 0 Å². The number of nitrogens with one attached hydrogen (secondary N) is 1. The predicted molar refractivity (Wildman–Crippen MR) is 119 cm³/mol. The van der Waals surface area contributed by atoms with Crippen LogP contribution < -0.4 is 14.8 Å². The SMILES string of the molecule is CCOc1cc(CNc2cccc(C)c2C)cc(Br)c1OCc1ccccc1. The van der Waals surface area contributed by atoms with Crippen LogP contribution >= 0.6 is 15.9 Å².